The Morgan fingerprint density at radius 2 is 2.11 bits per heavy atom. The third-order valence-corrected chi connectivity index (χ3v) is 3.85. The molecule has 0 spiro atoms. The van der Waals surface area contributed by atoms with E-state index in [1.807, 2.05) is 19.9 Å². The number of unbranched alkanes of at least 4 members (excludes halogenated alkanes) is 1. The minimum Gasteiger partial charge on any atom is -0.368 e. The standard InChI is InChI=1S/C16H25FN2/c1-4-5-8-19(13-6-7-13)16-9-11(2)15(17)10-14(16)12(3)18/h9-10,12-13H,4-8,18H2,1-3H3. The Kier molecular flexibility index (Phi) is 4.46. The Hall–Kier alpha value is -1.09. The van der Waals surface area contributed by atoms with Gasteiger partial charge in [0.05, 0.1) is 0 Å². The van der Waals surface area contributed by atoms with Crippen molar-refractivity contribution in [1.29, 1.82) is 0 Å². The monoisotopic (exact) mass is 264 g/mol. The average Bonchev–Trinajstić information content (AvgIpc) is 3.17. The second-order valence-electron chi connectivity index (χ2n) is 5.73. The van der Waals surface area contributed by atoms with Crippen LogP contribution in [0.2, 0.25) is 0 Å². The molecule has 106 valence electrons. The lowest BCUT2D eigenvalue weighted by atomic mass is 10.0. The summed E-state index contributed by atoms with van der Waals surface area (Å²) in [5, 5.41) is 0. The van der Waals surface area contributed by atoms with E-state index >= 15 is 0 Å². The molecule has 1 aliphatic rings. The summed E-state index contributed by atoms with van der Waals surface area (Å²) in [5.41, 5.74) is 8.82. The van der Waals surface area contributed by atoms with E-state index in [9.17, 15) is 4.39 Å². The molecule has 1 saturated carbocycles. The number of halogens is 1. The van der Waals surface area contributed by atoms with Crippen molar-refractivity contribution in [2.24, 2.45) is 5.73 Å². The third-order valence-electron chi connectivity index (χ3n) is 3.85. The number of nitrogens with two attached hydrogens (primary N) is 1. The van der Waals surface area contributed by atoms with Crippen molar-refractivity contribution >= 4 is 5.69 Å². The van der Waals surface area contributed by atoms with Gasteiger partial charge in [0.25, 0.3) is 0 Å². The molecule has 0 saturated heterocycles. The summed E-state index contributed by atoms with van der Waals surface area (Å²) in [6, 6.07) is 4.10. The first-order valence-electron chi connectivity index (χ1n) is 7.36. The number of hydrogen-bond acceptors (Lipinski definition) is 2. The number of aryl methyl sites for hydroxylation is 1. The van der Waals surface area contributed by atoms with E-state index in [4.69, 9.17) is 5.73 Å². The quantitative estimate of drug-likeness (QED) is 0.843. The van der Waals surface area contributed by atoms with Crippen molar-refractivity contribution in [1.82, 2.24) is 0 Å². The SMILES string of the molecule is CCCCN(c1cc(C)c(F)cc1C(C)N)C1CC1. The highest BCUT2D eigenvalue weighted by atomic mass is 19.1. The highest BCUT2D eigenvalue weighted by Gasteiger charge is 2.30. The molecule has 0 radical (unpaired) electrons. The molecular weight excluding hydrogens is 239 g/mol. The topological polar surface area (TPSA) is 29.3 Å². The Morgan fingerprint density at radius 3 is 2.63 bits per heavy atom. The Balaban J connectivity index is 2.36. The fraction of sp³-hybridized carbons (Fsp3) is 0.625. The van der Waals surface area contributed by atoms with Crippen LogP contribution >= 0.6 is 0 Å². The summed E-state index contributed by atoms with van der Waals surface area (Å²) < 4.78 is 13.8. The van der Waals surface area contributed by atoms with Crippen LogP contribution in [-0.4, -0.2) is 12.6 Å². The molecule has 1 fully saturated rings. The van der Waals surface area contributed by atoms with Crippen LogP contribution in [0.15, 0.2) is 12.1 Å². The maximum atomic E-state index is 13.8. The molecule has 0 aromatic heterocycles. The van der Waals surface area contributed by atoms with E-state index in [1.165, 1.54) is 25.7 Å². The second kappa shape index (κ2) is 5.91. The first-order valence-corrected chi connectivity index (χ1v) is 7.36. The van der Waals surface area contributed by atoms with E-state index in [0.29, 0.717) is 11.6 Å². The van der Waals surface area contributed by atoms with Gasteiger partial charge in [-0.25, -0.2) is 4.39 Å². The van der Waals surface area contributed by atoms with Crippen LogP contribution in [-0.2, 0) is 0 Å². The minimum atomic E-state index is -0.151. The zero-order chi connectivity index (χ0) is 14.0. The van der Waals surface area contributed by atoms with Crippen molar-refractivity contribution in [3.05, 3.63) is 29.1 Å². The number of nitrogens with zero attached hydrogens (tertiary/aromatic N) is 1. The van der Waals surface area contributed by atoms with Crippen molar-refractivity contribution < 1.29 is 4.39 Å². The second-order valence-corrected chi connectivity index (χ2v) is 5.73. The zero-order valence-electron chi connectivity index (χ0n) is 12.2. The van der Waals surface area contributed by atoms with Gasteiger partial charge in [0.1, 0.15) is 5.82 Å². The van der Waals surface area contributed by atoms with Gasteiger partial charge < -0.3 is 10.6 Å². The first-order chi connectivity index (χ1) is 9.04. The van der Waals surface area contributed by atoms with Gasteiger partial charge in [-0.05, 0) is 56.4 Å². The lowest BCUT2D eigenvalue weighted by Crippen LogP contribution is -2.29. The van der Waals surface area contributed by atoms with Gasteiger partial charge >= 0.3 is 0 Å². The molecule has 19 heavy (non-hydrogen) atoms. The summed E-state index contributed by atoms with van der Waals surface area (Å²) in [7, 11) is 0. The van der Waals surface area contributed by atoms with Gasteiger partial charge in [-0.3, -0.25) is 0 Å². The molecule has 0 amide bonds. The van der Waals surface area contributed by atoms with Gasteiger partial charge in [-0.2, -0.15) is 0 Å². The lowest BCUT2D eigenvalue weighted by Gasteiger charge is -2.29. The van der Waals surface area contributed by atoms with Crippen molar-refractivity contribution in [3.8, 4) is 0 Å². The minimum absolute atomic E-state index is 0.132. The molecule has 1 unspecified atom stereocenters. The first kappa shape index (κ1) is 14.3. The highest BCUT2D eigenvalue weighted by Crippen LogP contribution is 2.36. The summed E-state index contributed by atoms with van der Waals surface area (Å²) in [5.74, 6) is -0.151. The van der Waals surface area contributed by atoms with Gasteiger partial charge in [0.15, 0.2) is 0 Å². The molecule has 3 heteroatoms. The summed E-state index contributed by atoms with van der Waals surface area (Å²) in [6.45, 7) is 7.01. The summed E-state index contributed by atoms with van der Waals surface area (Å²) in [6.07, 6.45) is 4.85. The fourth-order valence-electron chi connectivity index (χ4n) is 2.51. The number of hydrogen-bond donors (Lipinski definition) is 1. The van der Waals surface area contributed by atoms with E-state index in [0.717, 1.165) is 17.8 Å². The Morgan fingerprint density at radius 1 is 1.42 bits per heavy atom. The van der Waals surface area contributed by atoms with E-state index in [2.05, 4.69) is 11.8 Å². The van der Waals surface area contributed by atoms with Crippen molar-refractivity contribution in [3.63, 3.8) is 0 Å². The molecule has 2 rings (SSSR count). The molecule has 2 N–H and O–H groups in total. The molecule has 1 atom stereocenters. The van der Waals surface area contributed by atoms with Gasteiger partial charge in [-0.15, -0.1) is 0 Å². The average molecular weight is 264 g/mol. The van der Waals surface area contributed by atoms with E-state index in [-0.39, 0.29) is 11.9 Å². The third kappa shape index (κ3) is 3.27. The normalized spacial score (nSPS) is 16.5. The van der Waals surface area contributed by atoms with Crippen LogP contribution in [0.1, 0.15) is 56.7 Å². The smallest absolute Gasteiger partial charge is 0.126 e. The van der Waals surface area contributed by atoms with Crippen LogP contribution in [0.3, 0.4) is 0 Å². The fourth-order valence-corrected chi connectivity index (χ4v) is 2.51. The molecule has 1 aromatic carbocycles. The Labute approximate surface area is 115 Å². The maximum Gasteiger partial charge on any atom is 0.126 e. The number of rotatable bonds is 6. The molecular formula is C16H25FN2. The van der Waals surface area contributed by atoms with Crippen LogP contribution < -0.4 is 10.6 Å². The van der Waals surface area contributed by atoms with Gasteiger partial charge in [0.2, 0.25) is 0 Å². The molecule has 0 aliphatic heterocycles. The zero-order valence-corrected chi connectivity index (χ0v) is 12.2. The summed E-state index contributed by atoms with van der Waals surface area (Å²) >= 11 is 0. The van der Waals surface area contributed by atoms with Crippen LogP contribution in [0.5, 0.6) is 0 Å². The molecule has 1 aromatic rings. The lowest BCUT2D eigenvalue weighted by molar-refractivity contribution is 0.611. The van der Waals surface area contributed by atoms with Crippen molar-refractivity contribution in [2.45, 2.75) is 58.5 Å². The summed E-state index contributed by atoms with van der Waals surface area (Å²) in [4.78, 5) is 2.44. The molecule has 1 aliphatic carbocycles. The molecule has 0 bridgehead atoms. The number of anilines is 1. The predicted molar refractivity (Wildman–Crippen MR) is 79.0 cm³/mol. The van der Waals surface area contributed by atoms with Gasteiger partial charge in [-0.1, -0.05) is 13.3 Å². The maximum absolute atomic E-state index is 13.8. The number of benzene rings is 1. The van der Waals surface area contributed by atoms with Crippen LogP contribution in [0, 0.1) is 12.7 Å². The van der Waals surface area contributed by atoms with E-state index in [1.54, 1.807) is 6.07 Å². The molecule has 2 nitrogen and oxygen atoms in total. The van der Waals surface area contributed by atoms with Crippen LogP contribution in [0.25, 0.3) is 0 Å². The van der Waals surface area contributed by atoms with Crippen molar-refractivity contribution in [2.75, 3.05) is 11.4 Å². The van der Waals surface area contributed by atoms with E-state index < -0.39 is 0 Å². The van der Waals surface area contributed by atoms with Crippen LogP contribution in [0.4, 0.5) is 10.1 Å². The predicted octanol–water partition coefficient (Wildman–Crippen LogP) is 3.92. The Bertz CT molecular complexity index is 439. The highest BCUT2D eigenvalue weighted by molar-refractivity contribution is 5.58. The largest absolute Gasteiger partial charge is 0.368 e. The molecule has 0 heterocycles. The van der Waals surface area contributed by atoms with Gasteiger partial charge in [0, 0.05) is 24.3 Å².